The van der Waals surface area contributed by atoms with E-state index in [1.54, 1.807) is 13.2 Å². The van der Waals surface area contributed by atoms with E-state index in [0.717, 1.165) is 28.0 Å². The molecule has 0 atom stereocenters. The lowest BCUT2D eigenvalue weighted by atomic mass is 10.0. The fraction of sp³-hybridized carbons (Fsp3) is 0.143. The molecule has 0 aliphatic rings. The van der Waals surface area contributed by atoms with E-state index in [2.05, 4.69) is 5.32 Å². The van der Waals surface area contributed by atoms with Crippen molar-refractivity contribution in [2.75, 3.05) is 12.4 Å². The molecule has 0 bridgehead atoms. The highest BCUT2D eigenvalue weighted by Crippen LogP contribution is 2.33. The second-order valence-electron chi connectivity index (χ2n) is 6.19. The van der Waals surface area contributed by atoms with Crippen LogP contribution in [0.1, 0.15) is 22.3 Å². The molecule has 0 fully saturated rings. The number of aryl methyl sites for hydroxylation is 1. The number of hydrogen-bond acceptors (Lipinski definition) is 4. The molecule has 2 N–H and O–H groups in total. The normalized spacial score (nSPS) is 10.6. The third kappa shape index (κ3) is 5.29. The predicted molar refractivity (Wildman–Crippen MR) is 117 cm³/mol. The lowest BCUT2D eigenvalue weighted by Crippen LogP contribution is -2.13. The Labute approximate surface area is 181 Å². The maximum Gasteiger partial charge on any atom is 0.338 e. The quantitative estimate of drug-likeness (QED) is 0.463. The summed E-state index contributed by atoms with van der Waals surface area (Å²) in [5.74, 6) is -0.705. The number of rotatable bonds is 7. The number of halogens is 2. The van der Waals surface area contributed by atoms with Crippen LogP contribution >= 0.6 is 34.5 Å². The zero-order chi connectivity index (χ0) is 21.0. The second-order valence-corrected chi connectivity index (χ2v) is 8.28. The molecule has 1 heterocycles. The lowest BCUT2D eigenvalue weighted by molar-refractivity contribution is -0.116. The first-order valence-electron chi connectivity index (χ1n) is 8.62. The summed E-state index contributed by atoms with van der Waals surface area (Å²) in [6, 6.07) is 14.6. The van der Waals surface area contributed by atoms with Gasteiger partial charge in [0.15, 0.2) is 0 Å². The summed E-state index contributed by atoms with van der Waals surface area (Å²) in [5, 5.41) is 12.6. The second kappa shape index (κ2) is 9.31. The van der Waals surface area contributed by atoms with E-state index < -0.39 is 5.97 Å². The Kier molecular flexibility index (Phi) is 6.79. The molecule has 1 amide bonds. The number of thiophene rings is 1. The highest BCUT2D eigenvalue weighted by molar-refractivity contribution is 7.20. The van der Waals surface area contributed by atoms with Gasteiger partial charge in [0.05, 0.1) is 22.0 Å². The Morgan fingerprint density at radius 1 is 1.10 bits per heavy atom. The van der Waals surface area contributed by atoms with Crippen LogP contribution in [-0.2, 0) is 11.2 Å². The van der Waals surface area contributed by atoms with Crippen LogP contribution in [0.3, 0.4) is 0 Å². The smallest absolute Gasteiger partial charge is 0.338 e. The monoisotopic (exact) mass is 449 g/mol. The van der Waals surface area contributed by atoms with Crippen LogP contribution in [-0.4, -0.2) is 24.1 Å². The summed E-state index contributed by atoms with van der Waals surface area (Å²) in [6.45, 7) is 0. The first-order chi connectivity index (χ1) is 13.9. The summed E-state index contributed by atoms with van der Waals surface area (Å²) >= 11 is 13.2. The molecule has 0 saturated carbocycles. The number of carbonyl (C=O) groups is 2. The Morgan fingerprint density at radius 2 is 1.83 bits per heavy atom. The molecule has 0 spiro atoms. The summed E-state index contributed by atoms with van der Waals surface area (Å²) in [7, 11) is 1.59. The van der Waals surface area contributed by atoms with Crippen molar-refractivity contribution in [1.82, 2.24) is 0 Å². The van der Waals surface area contributed by atoms with Crippen molar-refractivity contribution in [3.05, 3.63) is 69.0 Å². The molecule has 5 nitrogen and oxygen atoms in total. The standard InChI is InChI=1S/C21H17Cl2NO4S/c1-28-14-7-8-15(17(22)10-14)13-5-2-12(3-6-13)4-9-19(25)24-20-16(21(26)27)11-18(23)29-20/h2-3,5-8,10-11H,4,9H2,1H3,(H,24,25)(H,26,27). The number of carboxylic acids is 1. The Bertz CT molecular complexity index is 1050. The Hall–Kier alpha value is -2.54. The number of methoxy groups -OCH3 is 1. The number of hydrogen-bond donors (Lipinski definition) is 2. The van der Waals surface area contributed by atoms with Crippen molar-refractivity contribution in [2.45, 2.75) is 12.8 Å². The van der Waals surface area contributed by atoms with Crippen molar-refractivity contribution in [1.29, 1.82) is 0 Å². The van der Waals surface area contributed by atoms with Crippen LogP contribution in [0.4, 0.5) is 5.00 Å². The number of carboxylic acid groups (broad SMARTS) is 1. The van der Waals surface area contributed by atoms with E-state index in [-0.39, 0.29) is 22.9 Å². The number of benzene rings is 2. The SMILES string of the molecule is COc1ccc(-c2ccc(CCC(=O)Nc3sc(Cl)cc3C(=O)O)cc2)c(Cl)c1. The lowest BCUT2D eigenvalue weighted by Gasteiger charge is -2.08. The largest absolute Gasteiger partial charge is 0.497 e. The number of anilines is 1. The summed E-state index contributed by atoms with van der Waals surface area (Å²) in [6.07, 6.45) is 0.737. The van der Waals surface area contributed by atoms with Gasteiger partial charge in [0.1, 0.15) is 10.8 Å². The third-order valence-electron chi connectivity index (χ3n) is 4.27. The number of nitrogens with one attached hydrogen (secondary N) is 1. The number of ether oxygens (including phenoxy) is 1. The van der Waals surface area contributed by atoms with E-state index in [1.165, 1.54) is 6.07 Å². The van der Waals surface area contributed by atoms with Crippen molar-refractivity contribution >= 4 is 51.4 Å². The average molecular weight is 450 g/mol. The molecule has 0 aliphatic carbocycles. The molecule has 0 unspecified atom stereocenters. The molecule has 3 aromatic rings. The minimum Gasteiger partial charge on any atom is -0.497 e. The van der Waals surface area contributed by atoms with Gasteiger partial charge in [0.25, 0.3) is 0 Å². The molecular formula is C21H17Cl2NO4S. The molecular weight excluding hydrogens is 433 g/mol. The van der Waals surface area contributed by atoms with Gasteiger partial charge in [-0.1, -0.05) is 47.5 Å². The van der Waals surface area contributed by atoms with Crippen LogP contribution < -0.4 is 10.1 Å². The van der Waals surface area contributed by atoms with E-state index in [9.17, 15) is 9.59 Å². The molecule has 0 aliphatic heterocycles. The van der Waals surface area contributed by atoms with Crippen molar-refractivity contribution in [2.24, 2.45) is 0 Å². The zero-order valence-corrected chi connectivity index (χ0v) is 17.7. The number of aromatic carboxylic acids is 1. The Balaban J connectivity index is 1.62. The maximum absolute atomic E-state index is 12.2. The number of amides is 1. The van der Waals surface area contributed by atoms with Crippen LogP contribution in [0.5, 0.6) is 5.75 Å². The summed E-state index contributed by atoms with van der Waals surface area (Å²) < 4.78 is 5.47. The Morgan fingerprint density at radius 3 is 2.45 bits per heavy atom. The van der Waals surface area contributed by atoms with Gasteiger partial charge in [-0.3, -0.25) is 4.79 Å². The number of carbonyl (C=O) groups excluding carboxylic acids is 1. The topological polar surface area (TPSA) is 75.6 Å². The van der Waals surface area contributed by atoms with Gasteiger partial charge in [-0.2, -0.15) is 0 Å². The summed E-state index contributed by atoms with van der Waals surface area (Å²) in [5.41, 5.74) is 2.84. The molecule has 29 heavy (non-hydrogen) atoms. The molecule has 150 valence electrons. The van der Waals surface area contributed by atoms with Gasteiger partial charge < -0.3 is 15.2 Å². The minimum atomic E-state index is -1.13. The van der Waals surface area contributed by atoms with E-state index in [0.29, 0.717) is 21.5 Å². The van der Waals surface area contributed by atoms with E-state index >= 15 is 0 Å². The van der Waals surface area contributed by atoms with Crippen molar-refractivity contribution < 1.29 is 19.4 Å². The fourth-order valence-electron chi connectivity index (χ4n) is 2.77. The highest BCUT2D eigenvalue weighted by atomic mass is 35.5. The zero-order valence-electron chi connectivity index (χ0n) is 15.4. The van der Waals surface area contributed by atoms with Crippen LogP contribution in [0.15, 0.2) is 48.5 Å². The molecule has 8 heteroatoms. The van der Waals surface area contributed by atoms with E-state index in [4.69, 9.17) is 33.0 Å². The predicted octanol–water partition coefficient (Wildman–Crippen LogP) is 6.00. The van der Waals surface area contributed by atoms with Crippen LogP contribution in [0.25, 0.3) is 11.1 Å². The van der Waals surface area contributed by atoms with Gasteiger partial charge in [-0.25, -0.2) is 4.79 Å². The minimum absolute atomic E-state index is 0.00549. The van der Waals surface area contributed by atoms with E-state index in [1.807, 2.05) is 36.4 Å². The fourth-order valence-corrected chi connectivity index (χ4v) is 4.18. The first kappa shape index (κ1) is 21.2. The molecule has 0 radical (unpaired) electrons. The molecule has 3 rings (SSSR count). The summed E-state index contributed by atoms with van der Waals surface area (Å²) in [4.78, 5) is 23.4. The van der Waals surface area contributed by atoms with Gasteiger partial charge in [-0.05, 0) is 41.8 Å². The third-order valence-corrected chi connectivity index (χ3v) is 5.76. The molecule has 2 aromatic carbocycles. The van der Waals surface area contributed by atoms with Gasteiger partial charge in [0, 0.05) is 12.0 Å². The van der Waals surface area contributed by atoms with Crippen LogP contribution in [0.2, 0.25) is 9.36 Å². The molecule has 0 saturated heterocycles. The van der Waals surface area contributed by atoms with Gasteiger partial charge >= 0.3 is 5.97 Å². The van der Waals surface area contributed by atoms with Crippen molar-refractivity contribution in [3.8, 4) is 16.9 Å². The highest BCUT2D eigenvalue weighted by Gasteiger charge is 2.16. The first-order valence-corrected chi connectivity index (χ1v) is 10.2. The van der Waals surface area contributed by atoms with Crippen LogP contribution in [0, 0.1) is 0 Å². The molecule has 1 aromatic heterocycles. The maximum atomic E-state index is 12.2. The van der Waals surface area contributed by atoms with Gasteiger partial charge in [0.2, 0.25) is 5.91 Å². The van der Waals surface area contributed by atoms with Crippen molar-refractivity contribution in [3.63, 3.8) is 0 Å². The average Bonchev–Trinajstić information content (AvgIpc) is 3.07. The van der Waals surface area contributed by atoms with Gasteiger partial charge in [-0.15, -0.1) is 11.3 Å².